The molecule has 0 unspecified atom stereocenters. The number of carbonyl (C=O) groups excluding carboxylic acids is 1. The maximum Gasteiger partial charge on any atom is 0.251 e. The van der Waals surface area contributed by atoms with Crippen molar-refractivity contribution in [1.29, 1.82) is 0 Å². The van der Waals surface area contributed by atoms with Gasteiger partial charge in [0.2, 0.25) is 0 Å². The van der Waals surface area contributed by atoms with Gasteiger partial charge in [0.25, 0.3) is 5.91 Å². The van der Waals surface area contributed by atoms with Crippen LogP contribution >= 0.6 is 0 Å². The zero-order valence-corrected chi connectivity index (χ0v) is 10.5. The van der Waals surface area contributed by atoms with E-state index in [2.05, 4.69) is 15.3 Å². The van der Waals surface area contributed by atoms with Crippen LogP contribution in [0, 0.1) is 0 Å². The summed E-state index contributed by atoms with van der Waals surface area (Å²) in [6, 6.07) is 11.5. The minimum atomic E-state index is -0.0759. The highest BCUT2D eigenvalue weighted by Crippen LogP contribution is 2.26. The van der Waals surface area contributed by atoms with E-state index in [0.717, 1.165) is 22.2 Å². The van der Waals surface area contributed by atoms with Crippen LogP contribution in [0.25, 0.3) is 22.2 Å². The molecule has 4 nitrogen and oxygen atoms in total. The topological polar surface area (TPSA) is 57.8 Å². The number of hydrogen-bond acceptors (Lipinski definition) is 2. The average Bonchev–Trinajstić information content (AvgIpc) is 2.95. The number of carbonyl (C=O) groups is 1. The predicted octanol–water partition coefficient (Wildman–Crippen LogP) is 2.59. The third kappa shape index (κ3) is 1.97. The van der Waals surface area contributed by atoms with Crippen LogP contribution in [0.1, 0.15) is 10.4 Å². The van der Waals surface area contributed by atoms with E-state index in [0.29, 0.717) is 5.56 Å². The molecule has 3 rings (SSSR count). The van der Waals surface area contributed by atoms with E-state index in [4.69, 9.17) is 0 Å². The summed E-state index contributed by atoms with van der Waals surface area (Å²) in [5, 5.41) is 3.69. The summed E-state index contributed by atoms with van der Waals surface area (Å²) in [6.07, 6.45) is 3.65. The van der Waals surface area contributed by atoms with Crippen molar-refractivity contribution in [1.82, 2.24) is 15.3 Å². The Balaban J connectivity index is 2.07. The van der Waals surface area contributed by atoms with Crippen molar-refractivity contribution in [3.63, 3.8) is 0 Å². The molecular formula is C15H13N3O. The van der Waals surface area contributed by atoms with Gasteiger partial charge in [-0.15, -0.1) is 0 Å². The number of benzene rings is 1. The van der Waals surface area contributed by atoms with Gasteiger partial charge in [0.05, 0.1) is 0 Å². The molecule has 0 aliphatic heterocycles. The van der Waals surface area contributed by atoms with Gasteiger partial charge >= 0.3 is 0 Å². The molecular weight excluding hydrogens is 238 g/mol. The molecule has 0 saturated carbocycles. The van der Waals surface area contributed by atoms with Crippen LogP contribution in [0.5, 0.6) is 0 Å². The fraction of sp³-hybridized carbons (Fsp3) is 0.0667. The highest BCUT2D eigenvalue weighted by Gasteiger charge is 2.07. The molecule has 0 bridgehead atoms. The number of hydrogen-bond donors (Lipinski definition) is 2. The number of nitrogens with one attached hydrogen (secondary N) is 2. The lowest BCUT2D eigenvalue weighted by Gasteiger charge is -2.05. The molecule has 0 fully saturated rings. The summed E-state index contributed by atoms with van der Waals surface area (Å²) in [4.78, 5) is 18.9. The molecule has 19 heavy (non-hydrogen) atoms. The normalized spacial score (nSPS) is 10.6. The van der Waals surface area contributed by atoms with E-state index in [9.17, 15) is 4.79 Å². The minimum absolute atomic E-state index is 0.0759. The Morgan fingerprint density at radius 2 is 1.95 bits per heavy atom. The van der Waals surface area contributed by atoms with Crippen molar-refractivity contribution in [2.24, 2.45) is 0 Å². The van der Waals surface area contributed by atoms with Gasteiger partial charge in [-0.1, -0.05) is 12.1 Å². The molecule has 4 heteroatoms. The Hall–Kier alpha value is -2.62. The fourth-order valence-electron chi connectivity index (χ4n) is 2.16. The van der Waals surface area contributed by atoms with Crippen molar-refractivity contribution in [3.05, 3.63) is 54.4 Å². The summed E-state index contributed by atoms with van der Waals surface area (Å²) >= 11 is 0. The van der Waals surface area contributed by atoms with Crippen molar-refractivity contribution in [2.75, 3.05) is 7.05 Å². The van der Waals surface area contributed by atoms with E-state index in [1.54, 1.807) is 13.2 Å². The molecule has 2 heterocycles. The van der Waals surface area contributed by atoms with Crippen molar-refractivity contribution >= 4 is 16.9 Å². The Kier molecular flexibility index (Phi) is 2.76. The second-order valence-corrected chi connectivity index (χ2v) is 4.25. The lowest BCUT2D eigenvalue weighted by atomic mass is 10.0. The highest BCUT2D eigenvalue weighted by molar-refractivity contribution is 5.96. The molecule has 3 aromatic rings. The molecule has 0 saturated heterocycles. The van der Waals surface area contributed by atoms with Crippen LogP contribution in [0.15, 0.2) is 48.8 Å². The Morgan fingerprint density at radius 3 is 2.68 bits per heavy atom. The number of amides is 1. The second kappa shape index (κ2) is 4.57. The summed E-state index contributed by atoms with van der Waals surface area (Å²) in [6.45, 7) is 0. The van der Waals surface area contributed by atoms with E-state index >= 15 is 0 Å². The van der Waals surface area contributed by atoms with Crippen LogP contribution < -0.4 is 5.32 Å². The standard InChI is InChI=1S/C15H13N3O/c1-16-15(19)11-4-2-10(3-5-11)12-6-8-17-14-13(12)7-9-18-14/h2-9H,1H3,(H,16,19)(H,17,18). The third-order valence-electron chi connectivity index (χ3n) is 3.15. The highest BCUT2D eigenvalue weighted by atomic mass is 16.1. The number of aromatic amines is 1. The van der Waals surface area contributed by atoms with Crippen LogP contribution in [-0.4, -0.2) is 22.9 Å². The molecule has 0 spiro atoms. The maximum absolute atomic E-state index is 11.5. The molecule has 1 aromatic carbocycles. The van der Waals surface area contributed by atoms with Crippen molar-refractivity contribution in [3.8, 4) is 11.1 Å². The van der Waals surface area contributed by atoms with Crippen LogP contribution in [0.2, 0.25) is 0 Å². The zero-order valence-electron chi connectivity index (χ0n) is 10.5. The first-order chi connectivity index (χ1) is 9.29. The zero-order chi connectivity index (χ0) is 13.2. The average molecular weight is 251 g/mol. The van der Waals surface area contributed by atoms with E-state index < -0.39 is 0 Å². The van der Waals surface area contributed by atoms with E-state index in [1.807, 2.05) is 42.6 Å². The van der Waals surface area contributed by atoms with Gasteiger partial charge in [0.15, 0.2) is 0 Å². The van der Waals surface area contributed by atoms with E-state index in [1.165, 1.54) is 0 Å². The maximum atomic E-state index is 11.5. The van der Waals surface area contributed by atoms with Gasteiger partial charge in [-0.05, 0) is 35.4 Å². The Morgan fingerprint density at radius 1 is 1.16 bits per heavy atom. The van der Waals surface area contributed by atoms with Crippen LogP contribution in [0.3, 0.4) is 0 Å². The lowest BCUT2D eigenvalue weighted by Crippen LogP contribution is -2.17. The van der Waals surface area contributed by atoms with Gasteiger partial charge in [0, 0.05) is 30.4 Å². The van der Waals surface area contributed by atoms with Gasteiger partial charge in [-0.3, -0.25) is 4.79 Å². The molecule has 2 N–H and O–H groups in total. The molecule has 1 amide bonds. The van der Waals surface area contributed by atoms with Crippen molar-refractivity contribution in [2.45, 2.75) is 0 Å². The quantitative estimate of drug-likeness (QED) is 0.735. The Labute approximate surface area is 110 Å². The smallest absolute Gasteiger partial charge is 0.251 e. The summed E-state index contributed by atoms with van der Waals surface area (Å²) < 4.78 is 0. The summed E-state index contributed by atoms with van der Waals surface area (Å²) in [5.41, 5.74) is 3.70. The van der Waals surface area contributed by atoms with Gasteiger partial charge < -0.3 is 10.3 Å². The molecule has 0 aliphatic carbocycles. The van der Waals surface area contributed by atoms with Gasteiger partial charge in [-0.25, -0.2) is 4.98 Å². The number of H-pyrrole nitrogens is 1. The number of pyridine rings is 1. The first kappa shape index (κ1) is 11.5. The number of rotatable bonds is 2. The van der Waals surface area contributed by atoms with Crippen LogP contribution in [0.4, 0.5) is 0 Å². The molecule has 0 atom stereocenters. The van der Waals surface area contributed by atoms with Crippen LogP contribution in [-0.2, 0) is 0 Å². The monoisotopic (exact) mass is 251 g/mol. The third-order valence-corrected chi connectivity index (χ3v) is 3.15. The number of nitrogens with zero attached hydrogens (tertiary/aromatic N) is 1. The first-order valence-electron chi connectivity index (χ1n) is 6.04. The SMILES string of the molecule is CNC(=O)c1ccc(-c2ccnc3[nH]ccc23)cc1. The number of aromatic nitrogens is 2. The fourth-order valence-corrected chi connectivity index (χ4v) is 2.16. The summed E-state index contributed by atoms with van der Waals surface area (Å²) in [5.74, 6) is -0.0759. The molecule has 94 valence electrons. The second-order valence-electron chi connectivity index (χ2n) is 4.25. The summed E-state index contributed by atoms with van der Waals surface area (Å²) in [7, 11) is 1.63. The predicted molar refractivity (Wildman–Crippen MR) is 74.9 cm³/mol. The largest absolute Gasteiger partial charge is 0.355 e. The van der Waals surface area contributed by atoms with Gasteiger partial charge in [0.1, 0.15) is 5.65 Å². The first-order valence-corrected chi connectivity index (χ1v) is 6.04. The minimum Gasteiger partial charge on any atom is -0.355 e. The lowest BCUT2D eigenvalue weighted by molar-refractivity contribution is 0.0963. The molecule has 0 aliphatic rings. The van der Waals surface area contributed by atoms with E-state index in [-0.39, 0.29) is 5.91 Å². The Bertz CT molecular complexity index is 728. The van der Waals surface area contributed by atoms with Crippen molar-refractivity contribution < 1.29 is 4.79 Å². The number of fused-ring (bicyclic) bond motifs is 1. The van der Waals surface area contributed by atoms with Gasteiger partial charge in [-0.2, -0.15) is 0 Å². The molecule has 2 aromatic heterocycles. The molecule has 0 radical (unpaired) electrons.